The molecule has 1 aliphatic rings. The topological polar surface area (TPSA) is 49.9 Å². The Hall–Kier alpha value is -1.45. The molecule has 0 atom stereocenters. The normalized spacial score (nSPS) is 14.5. The molecule has 1 saturated heterocycles. The van der Waals surface area contributed by atoms with Crippen LogP contribution in [0.1, 0.15) is 11.1 Å². The highest BCUT2D eigenvalue weighted by Gasteiger charge is 2.35. The zero-order valence-electron chi connectivity index (χ0n) is 15.7. The minimum atomic E-state index is -0.449. The number of thiocarbonyl (C=S) groups is 1. The van der Waals surface area contributed by atoms with Gasteiger partial charge in [-0.15, -0.1) is 0 Å². The number of ether oxygens (including phenoxy) is 1. The van der Waals surface area contributed by atoms with Crippen molar-refractivity contribution in [1.82, 2.24) is 9.80 Å². The van der Waals surface area contributed by atoms with Crippen LogP contribution < -0.4 is 4.74 Å². The van der Waals surface area contributed by atoms with E-state index in [1.165, 1.54) is 30.0 Å². The van der Waals surface area contributed by atoms with E-state index in [0.717, 1.165) is 5.56 Å². The van der Waals surface area contributed by atoms with Gasteiger partial charge in [-0.25, -0.2) is 0 Å². The molecule has 0 unspecified atom stereocenters. The van der Waals surface area contributed by atoms with Crippen LogP contribution in [0.4, 0.5) is 0 Å². The van der Waals surface area contributed by atoms with Crippen molar-refractivity contribution in [3.63, 3.8) is 0 Å². The van der Waals surface area contributed by atoms with E-state index in [9.17, 15) is 9.59 Å². The smallest absolute Gasteiger partial charge is 0.265 e. The zero-order chi connectivity index (χ0) is 22.2. The average Bonchev–Trinajstić information content (AvgIpc) is 2.70. The van der Waals surface area contributed by atoms with E-state index in [-0.39, 0.29) is 17.3 Å². The monoisotopic (exact) mass is 590 g/mol. The molecular weight excluding hydrogens is 579 g/mol. The van der Waals surface area contributed by atoms with E-state index in [1.807, 2.05) is 6.07 Å². The number of halogens is 4. The molecule has 3 rings (SSSR count). The molecule has 0 aliphatic carbocycles. The Balaban J connectivity index is 1.86. The largest absolute Gasteiger partial charge is 0.487 e. The summed E-state index contributed by atoms with van der Waals surface area (Å²) in [5.41, 5.74) is 1.52. The fourth-order valence-corrected chi connectivity index (χ4v) is 4.66. The Bertz CT molecular complexity index is 1060. The first-order valence-electron chi connectivity index (χ1n) is 8.47. The number of carbonyl (C=O) groups is 2. The summed E-state index contributed by atoms with van der Waals surface area (Å²) in [6.45, 7) is 0.276. The number of hydrogen-bond donors (Lipinski definition) is 0. The van der Waals surface area contributed by atoms with Crippen LogP contribution in [0.25, 0.3) is 6.08 Å². The quantitative estimate of drug-likeness (QED) is 0.260. The Morgan fingerprint density at radius 2 is 1.57 bits per heavy atom. The van der Waals surface area contributed by atoms with Gasteiger partial charge in [0.25, 0.3) is 11.8 Å². The van der Waals surface area contributed by atoms with E-state index in [1.54, 1.807) is 24.3 Å². The third-order valence-corrected chi connectivity index (χ3v) is 6.81. The molecule has 2 amide bonds. The fourth-order valence-electron chi connectivity index (χ4n) is 2.73. The molecule has 30 heavy (non-hydrogen) atoms. The van der Waals surface area contributed by atoms with Gasteiger partial charge >= 0.3 is 0 Å². The van der Waals surface area contributed by atoms with E-state index in [0.29, 0.717) is 30.3 Å². The molecule has 0 radical (unpaired) electrons. The molecule has 0 spiro atoms. The van der Waals surface area contributed by atoms with Crippen molar-refractivity contribution in [3.8, 4) is 5.75 Å². The van der Waals surface area contributed by atoms with Crippen LogP contribution in [0, 0.1) is 0 Å². The number of nitrogens with zero attached hydrogens (tertiary/aromatic N) is 2. The van der Waals surface area contributed by atoms with Gasteiger partial charge in [-0.05, 0) is 85.5 Å². The van der Waals surface area contributed by atoms with Crippen molar-refractivity contribution in [2.45, 2.75) is 6.61 Å². The van der Waals surface area contributed by atoms with Crippen LogP contribution in [0.15, 0.2) is 44.9 Å². The zero-order valence-corrected chi connectivity index (χ0v) is 21.2. The van der Waals surface area contributed by atoms with Gasteiger partial charge in [-0.3, -0.25) is 19.4 Å². The third-order valence-electron chi connectivity index (χ3n) is 4.34. The molecule has 0 bridgehead atoms. The van der Waals surface area contributed by atoms with Crippen LogP contribution in [0.5, 0.6) is 5.75 Å². The van der Waals surface area contributed by atoms with Gasteiger partial charge in [0.1, 0.15) is 17.9 Å². The number of hydrogen-bond acceptors (Lipinski definition) is 4. The lowest BCUT2D eigenvalue weighted by atomic mass is 10.1. The minimum Gasteiger partial charge on any atom is -0.487 e. The number of likely N-dealkylation sites (N-methyl/N-ethyl adjacent to an activating group) is 2. The Morgan fingerprint density at radius 1 is 1.00 bits per heavy atom. The molecule has 1 aliphatic heterocycles. The van der Waals surface area contributed by atoms with Crippen LogP contribution >= 0.6 is 67.3 Å². The first-order valence-corrected chi connectivity index (χ1v) is 11.2. The molecule has 0 saturated carbocycles. The summed E-state index contributed by atoms with van der Waals surface area (Å²) in [6.07, 6.45) is 1.53. The molecule has 1 heterocycles. The second-order valence-electron chi connectivity index (χ2n) is 6.42. The first-order chi connectivity index (χ1) is 14.1. The maximum atomic E-state index is 12.5. The van der Waals surface area contributed by atoms with Crippen molar-refractivity contribution in [2.75, 3.05) is 14.1 Å². The lowest BCUT2D eigenvalue weighted by Crippen LogP contribution is -2.52. The molecule has 5 nitrogen and oxygen atoms in total. The highest BCUT2D eigenvalue weighted by atomic mass is 79.9. The molecule has 0 N–H and O–H groups in total. The van der Waals surface area contributed by atoms with Crippen LogP contribution in [-0.2, 0) is 16.2 Å². The van der Waals surface area contributed by atoms with Crippen molar-refractivity contribution in [2.24, 2.45) is 0 Å². The van der Waals surface area contributed by atoms with Gasteiger partial charge in [-0.1, -0.05) is 29.3 Å². The van der Waals surface area contributed by atoms with Gasteiger partial charge < -0.3 is 4.74 Å². The summed E-state index contributed by atoms with van der Waals surface area (Å²) in [6, 6.07) is 8.79. The Kier molecular flexibility index (Phi) is 7.24. The average molecular weight is 593 g/mol. The summed E-state index contributed by atoms with van der Waals surface area (Å²) < 4.78 is 7.20. The number of rotatable bonds is 4. The van der Waals surface area contributed by atoms with Gasteiger partial charge in [0.2, 0.25) is 0 Å². The van der Waals surface area contributed by atoms with Gasteiger partial charge in [0.05, 0.1) is 19.0 Å². The SMILES string of the molecule is CN1C(=O)C(=Cc2cc(Br)c(OCc3ccc(Cl)c(Cl)c3)c(Br)c2)C(=O)N(C)C1=S. The van der Waals surface area contributed by atoms with Crippen molar-refractivity contribution in [1.29, 1.82) is 0 Å². The van der Waals surface area contributed by atoms with Gasteiger partial charge in [0, 0.05) is 14.1 Å². The first kappa shape index (κ1) is 23.2. The molecule has 1 fully saturated rings. The third kappa shape index (κ3) is 4.73. The van der Waals surface area contributed by atoms with Gasteiger partial charge in [0.15, 0.2) is 5.11 Å². The molecular formula is C20H14Br2Cl2N2O3S. The Morgan fingerprint density at radius 3 is 2.10 bits per heavy atom. The molecule has 2 aromatic rings. The second-order valence-corrected chi connectivity index (χ2v) is 9.31. The lowest BCUT2D eigenvalue weighted by Gasteiger charge is -2.31. The Labute approximate surface area is 205 Å². The van der Waals surface area contributed by atoms with Gasteiger partial charge in [-0.2, -0.15) is 0 Å². The maximum Gasteiger partial charge on any atom is 0.265 e. The minimum absolute atomic E-state index is 0.0249. The molecule has 2 aromatic carbocycles. The van der Waals surface area contributed by atoms with Crippen molar-refractivity contribution < 1.29 is 14.3 Å². The lowest BCUT2D eigenvalue weighted by molar-refractivity contribution is -0.132. The molecule has 10 heteroatoms. The highest BCUT2D eigenvalue weighted by molar-refractivity contribution is 9.11. The van der Waals surface area contributed by atoms with Crippen molar-refractivity contribution >= 4 is 90.3 Å². The predicted octanol–water partition coefficient (Wildman–Crippen LogP) is 5.70. The summed E-state index contributed by atoms with van der Waals surface area (Å²) in [7, 11) is 3.07. The number of amides is 2. The summed E-state index contributed by atoms with van der Waals surface area (Å²) in [5.74, 6) is -0.328. The summed E-state index contributed by atoms with van der Waals surface area (Å²) in [5, 5.41) is 1.09. The maximum absolute atomic E-state index is 12.5. The van der Waals surface area contributed by atoms with Crippen LogP contribution in [0.2, 0.25) is 10.0 Å². The highest BCUT2D eigenvalue weighted by Crippen LogP contribution is 2.36. The fraction of sp³-hybridized carbons (Fsp3) is 0.150. The van der Waals surface area contributed by atoms with E-state index >= 15 is 0 Å². The summed E-state index contributed by atoms with van der Waals surface area (Å²) >= 11 is 24.0. The van der Waals surface area contributed by atoms with E-state index in [4.69, 9.17) is 40.2 Å². The van der Waals surface area contributed by atoms with E-state index in [2.05, 4.69) is 31.9 Å². The van der Waals surface area contributed by atoms with Crippen LogP contribution in [0.3, 0.4) is 0 Å². The standard InChI is InChI=1S/C20H14Br2Cl2N2O3S/c1-25-18(27)12(19(28)26(2)20(25)30)5-11-6-13(21)17(14(22)7-11)29-9-10-3-4-15(23)16(24)8-10/h3-8H,9H2,1-2H3. The van der Waals surface area contributed by atoms with Crippen LogP contribution in [-0.4, -0.2) is 40.8 Å². The second kappa shape index (κ2) is 9.36. The number of carbonyl (C=O) groups excluding carboxylic acids is 2. The summed E-state index contributed by atoms with van der Waals surface area (Å²) in [4.78, 5) is 27.5. The van der Waals surface area contributed by atoms with E-state index < -0.39 is 11.8 Å². The molecule has 156 valence electrons. The molecule has 0 aromatic heterocycles. The number of benzene rings is 2. The predicted molar refractivity (Wildman–Crippen MR) is 129 cm³/mol. The van der Waals surface area contributed by atoms with Crippen molar-refractivity contribution in [3.05, 3.63) is 66.0 Å².